The molecule has 4 heterocycles. The van der Waals surface area contributed by atoms with Gasteiger partial charge in [0, 0.05) is 23.4 Å². The average Bonchev–Trinajstić information content (AvgIpc) is 3.58. The summed E-state index contributed by atoms with van der Waals surface area (Å²) in [4.78, 5) is 8.12. The Morgan fingerprint density at radius 2 is 1.58 bits per heavy atom. The summed E-state index contributed by atoms with van der Waals surface area (Å²) in [7, 11) is 0. The fourth-order valence-electron chi connectivity index (χ4n) is 9.20. The summed E-state index contributed by atoms with van der Waals surface area (Å²) in [6.45, 7) is 25.5. The highest BCUT2D eigenvalue weighted by atomic mass is 16.5. The third-order valence-electron chi connectivity index (χ3n) is 11.4. The zero-order valence-electron chi connectivity index (χ0n) is 31.9. The van der Waals surface area contributed by atoms with Crippen LogP contribution >= 0.6 is 0 Å². The Balaban J connectivity index is 1.46. The maximum atomic E-state index is 7.18. The van der Waals surface area contributed by atoms with E-state index >= 15 is 0 Å². The van der Waals surface area contributed by atoms with Crippen LogP contribution in [0.25, 0.3) is 21.5 Å². The zero-order chi connectivity index (χ0) is 35.4. The minimum atomic E-state index is -0.666. The van der Waals surface area contributed by atoms with Gasteiger partial charge in [0.25, 0.3) is 6.34 Å². The first kappa shape index (κ1) is 32.9. The van der Waals surface area contributed by atoms with Gasteiger partial charge in [-0.2, -0.15) is 4.58 Å². The van der Waals surface area contributed by atoms with Crippen molar-refractivity contribution in [2.24, 2.45) is 16.8 Å². The van der Waals surface area contributed by atoms with Gasteiger partial charge >= 0.3 is 5.79 Å². The second kappa shape index (κ2) is 11.4. The Bertz CT molecular complexity index is 2190. The first-order chi connectivity index (χ1) is 23.7. The van der Waals surface area contributed by atoms with Gasteiger partial charge in [-0.05, 0) is 96.2 Å². The molecule has 0 amide bonds. The Hall–Kier alpha value is -4.25. The van der Waals surface area contributed by atoms with Crippen LogP contribution in [0.4, 0.5) is 0 Å². The Labute approximate surface area is 298 Å². The summed E-state index contributed by atoms with van der Waals surface area (Å²) in [6.07, 6.45) is 7.84. The van der Waals surface area contributed by atoms with Gasteiger partial charge in [0.1, 0.15) is 11.3 Å². The molecule has 4 aromatic carbocycles. The van der Waals surface area contributed by atoms with Crippen LogP contribution < -0.4 is 4.74 Å². The molecule has 4 aliphatic rings. The smallest absolute Gasteiger partial charge is 0.417 e. The average molecular weight is 667 g/mol. The monoisotopic (exact) mass is 666 g/mol. The number of hydrogen-bond acceptors (Lipinski definition) is 3. The highest BCUT2D eigenvalue weighted by Crippen LogP contribution is 2.53. The van der Waals surface area contributed by atoms with Gasteiger partial charge in [0.2, 0.25) is 12.1 Å². The predicted molar refractivity (Wildman–Crippen MR) is 208 cm³/mol. The number of fused-ring (bicyclic) bond motifs is 12. The van der Waals surface area contributed by atoms with Gasteiger partial charge < -0.3 is 4.74 Å². The lowest BCUT2D eigenvalue weighted by molar-refractivity contribution is -0.837. The SMILES string of the molecule is CC(C)Cc1cccc2c3c(ccc12)OC1C2=[N+](C=NC31)C1(c3c2cc(C(C)(C)C)c2ccccc32)N(C(C)C)C=C(C(C)C)C=[N+]1C(C)C. The molecule has 0 N–H and O–H groups in total. The van der Waals surface area contributed by atoms with E-state index in [-0.39, 0.29) is 29.6 Å². The molecule has 4 aliphatic heterocycles. The van der Waals surface area contributed by atoms with Gasteiger partial charge in [0.15, 0.2) is 18.0 Å². The number of ether oxygens (including phenoxy) is 1. The van der Waals surface area contributed by atoms with Crippen molar-refractivity contribution in [3.63, 3.8) is 0 Å². The van der Waals surface area contributed by atoms with Crippen molar-refractivity contribution in [2.75, 3.05) is 0 Å². The summed E-state index contributed by atoms with van der Waals surface area (Å²) in [5, 5.41) is 5.20. The highest BCUT2D eigenvalue weighted by molar-refractivity contribution is 6.12. The van der Waals surface area contributed by atoms with Crippen molar-refractivity contribution < 1.29 is 13.9 Å². The molecule has 258 valence electrons. The van der Waals surface area contributed by atoms with Crippen LogP contribution in [0.15, 0.2) is 77.4 Å². The van der Waals surface area contributed by atoms with Crippen LogP contribution in [0.3, 0.4) is 0 Å². The molecule has 5 nitrogen and oxygen atoms in total. The molecule has 0 aliphatic carbocycles. The number of benzene rings is 4. The fraction of sp³-hybridized carbons (Fsp3) is 0.444. The van der Waals surface area contributed by atoms with Gasteiger partial charge in [-0.1, -0.05) is 102 Å². The maximum Gasteiger partial charge on any atom is 0.417 e. The summed E-state index contributed by atoms with van der Waals surface area (Å²) >= 11 is 0. The lowest BCUT2D eigenvalue weighted by Crippen LogP contribution is -2.64. The topological polar surface area (TPSA) is 30.9 Å². The normalized spacial score (nSPS) is 22.6. The van der Waals surface area contributed by atoms with Crippen molar-refractivity contribution in [3.8, 4) is 5.75 Å². The Kier molecular flexibility index (Phi) is 7.50. The van der Waals surface area contributed by atoms with Crippen molar-refractivity contribution in [2.45, 2.75) is 118 Å². The van der Waals surface area contributed by atoms with Crippen LogP contribution in [0, 0.1) is 11.8 Å². The van der Waals surface area contributed by atoms with Crippen molar-refractivity contribution in [1.29, 1.82) is 0 Å². The van der Waals surface area contributed by atoms with E-state index in [1.807, 2.05) is 0 Å². The lowest BCUT2D eigenvalue weighted by atomic mass is 9.79. The molecular weight excluding hydrogens is 613 g/mol. The first-order valence-corrected chi connectivity index (χ1v) is 18.9. The predicted octanol–water partition coefficient (Wildman–Crippen LogP) is 9.71. The third kappa shape index (κ3) is 4.54. The molecule has 3 atom stereocenters. The second-order valence-electron chi connectivity index (χ2n) is 17.3. The van der Waals surface area contributed by atoms with Crippen molar-refractivity contribution in [3.05, 3.63) is 100 Å². The quantitative estimate of drug-likeness (QED) is 0.199. The van der Waals surface area contributed by atoms with Crippen LogP contribution in [0.1, 0.15) is 110 Å². The van der Waals surface area contributed by atoms with E-state index < -0.39 is 5.79 Å². The van der Waals surface area contributed by atoms with E-state index in [4.69, 9.17) is 9.73 Å². The summed E-state index contributed by atoms with van der Waals surface area (Å²) in [6, 6.07) is 23.2. The van der Waals surface area contributed by atoms with E-state index in [2.05, 4.69) is 170 Å². The molecule has 3 unspecified atom stereocenters. The standard InChI is InChI=1S/C45H54N4O/c1-26(2)21-30-15-14-18-34-32(30)19-20-38-39(34)41-43(50-38)42-36-22-37(44(9,10)11)33-16-12-13-17-35(33)40(36)45(49(42)25-46-41)47(28(5)6)23-31(27(3)4)24-48(45)29(7)8/h12-20,22-29,41,43H,21H2,1-11H3/q+2. The molecule has 0 radical (unpaired) electrons. The molecule has 0 saturated carbocycles. The van der Waals surface area contributed by atoms with E-state index in [1.54, 1.807) is 0 Å². The maximum absolute atomic E-state index is 7.18. The van der Waals surface area contributed by atoms with Gasteiger partial charge in [-0.15, -0.1) is 4.58 Å². The van der Waals surface area contributed by atoms with E-state index in [0.717, 1.165) is 12.2 Å². The molecular formula is C45H54N4O+2. The second-order valence-corrected chi connectivity index (χ2v) is 17.3. The van der Waals surface area contributed by atoms with Crippen LogP contribution in [-0.2, 0) is 17.6 Å². The van der Waals surface area contributed by atoms with E-state index in [1.165, 1.54) is 60.6 Å². The number of aliphatic imine (C=N–C) groups is 1. The molecule has 0 aromatic heterocycles. The molecule has 8 rings (SSSR count). The molecule has 0 fully saturated rings. The largest absolute Gasteiger partial charge is 0.476 e. The summed E-state index contributed by atoms with van der Waals surface area (Å²) < 4.78 is 12.3. The van der Waals surface area contributed by atoms with E-state index in [0.29, 0.717) is 11.8 Å². The minimum Gasteiger partial charge on any atom is -0.476 e. The number of hydrogen-bond donors (Lipinski definition) is 0. The summed E-state index contributed by atoms with van der Waals surface area (Å²) in [5.41, 5.74) is 9.07. The van der Waals surface area contributed by atoms with Gasteiger partial charge in [-0.3, -0.25) is 4.90 Å². The molecule has 0 saturated heterocycles. The number of allylic oxidation sites excluding steroid dienone is 1. The Morgan fingerprint density at radius 3 is 2.24 bits per heavy atom. The fourth-order valence-corrected chi connectivity index (χ4v) is 9.20. The van der Waals surface area contributed by atoms with Crippen LogP contribution in [-0.4, -0.2) is 50.5 Å². The molecule has 0 bridgehead atoms. The highest BCUT2D eigenvalue weighted by Gasteiger charge is 2.68. The number of rotatable bonds is 5. The minimum absolute atomic E-state index is 0.0562. The molecule has 1 spiro atoms. The summed E-state index contributed by atoms with van der Waals surface area (Å²) in [5.74, 6) is 1.26. The first-order valence-electron chi connectivity index (χ1n) is 18.9. The number of nitrogens with zero attached hydrogens (tertiary/aromatic N) is 4. The van der Waals surface area contributed by atoms with Crippen LogP contribution in [0.2, 0.25) is 0 Å². The van der Waals surface area contributed by atoms with Crippen molar-refractivity contribution >= 4 is 39.8 Å². The Morgan fingerprint density at radius 1 is 0.860 bits per heavy atom. The molecule has 5 heteroatoms. The van der Waals surface area contributed by atoms with Gasteiger partial charge in [-0.25, -0.2) is 0 Å². The zero-order valence-corrected chi connectivity index (χ0v) is 31.9. The lowest BCUT2D eigenvalue weighted by Gasteiger charge is -2.43. The van der Waals surface area contributed by atoms with E-state index in [9.17, 15) is 0 Å². The third-order valence-corrected chi connectivity index (χ3v) is 11.4. The van der Waals surface area contributed by atoms with Crippen LogP contribution in [0.5, 0.6) is 5.75 Å². The molecule has 50 heavy (non-hydrogen) atoms. The van der Waals surface area contributed by atoms with Gasteiger partial charge in [0.05, 0.1) is 5.56 Å². The van der Waals surface area contributed by atoms with Crippen molar-refractivity contribution in [1.82, 2.24) is 4.90 Å². The molecule has 4 aromatic rings.